The molecule has 5 nitrogen and oxygen atoms in total. The number of hydrogen-bond acceptors (Lipinski definition) is 4. The first-order valence-electron chi connectivity index (χ1n) is 7.96. The van der Waals surface area contributed by atoms with Crippen LogP contribution in [0.1, 0.15) is 20.3 Å². The van der Waals surface area contributed by atoms with E-state index < -0.39 is 0 Å². The molecule has 6 heteroatoms. The van der Waals surface area contributed by atoms with Crippen molar-refractivity contribution < 1.29 is 0 Å². The molecule has 124 valence electrons. The molecule has 2 unspecified atom stereocenters. The Bertz CT molecular complexity index is 853. The molecular weight excluding hydrogens is 310 g/mol. The molecule has 1 N–H and O–H groups in total. The number of nitrogens with zero attached hydrogens (tertiary/aromatic N) is 2. The number of rotatable bonds is 3. The minimum Gasteiger partial charge on any atom is -0.381 e. The van der Waals surface area contributed by atoms with E-state index in [9.17, 15) is 9.59 Å². The van der Waals surface area contributed by atoms with Gasteiger partial charge in [0, 0.05) is 36.8 Å². The van der Waals surface area contributed by atoms with Crippen LogP contribution < -0.4 is 16.6 Å². The highest BCUT2D eigenvalue weighted by Gasteiger charge is 2.27. The molecule has 0 amide bonds. The van der Waals surface area contributed by atoms with Crippen molar-refractivity contribution in [3.63, 3.8) is 0 Å². The maximum absolute atomic E-state index is 12.2. The van der Waals surface area contributed by atoms with E-state index in [0.29, 0.717) is 28.1 Å². The minimum atomic E-state index is -0.295. The fourth-order valence-electron chi connectivity index (χ4n) is 3.13. The van der Waals surface area contributed by atoms with Gasteiger partial charge in [0.05, 0.1) is 10.9 Å². The van der Waals surface area contributed by atoms with Gasteiger partial charge in [-0.3, -0.25) is 13.9 Å². The van der Waals surface area contributed by atoms with Crippen molar-refractivity contribution in [1.82, 2.24) is 9.13 Å². The maximum Gasteiger partial charge on any atom is 0.330 e. The lowest BCUT2D eigenvalue weighted by Gasteiger charge is -2.16. The van der Waals surface area contributed by atoms with Crippen LogP contribution in [0.5, 0.6) is 0 Å². The average Bonchev–Trinajstić information content (AvgIpc) is 2.99. The van der Waals surface area contributed by atoms with Crippen LogP contribution in [0.2, 0.25) is 0 Å². The summed E-state index contributed by atoms with van der Waals surface area (Å²) in [5.74, 6) is 1.78. The van der Waals surface area contributed by atoms with E-state index in [1.807, 2.05) is 30.0 Å². The number of aromatic nitrogens is 2. The van der Waals surface area contributed by atoms with Crippen molar-refractivity contribution in [2.45, 2.75) is 31.6 Å². The molecule has 0 aliphatic carbocycles. The van der Waals surface area contributed by atoms with E-state index >= 15 is 0 Å². The first-order valence-corrected chi connectivity index (χ1v) is 9.01. The van der Waals surface area contributed by atoms with Gasteiger partial charge in [-0.15, -0.1) is 0 Å². The summed E-state index contributed by atoms with van der Waals surface area (Å²) in [6.07, 6.45) is 1.15. The molecule has 0 radical (unpaired) electrons. The highest BCUT2D eigenvalue weighted by Crippen LogP contribution is 2.33. The fourth-order valence-corrected chi connectivity index (χ4v) is 4.58. The molecule has 0 bridgehead atoms. The Kier molecular flexibility index (Phi) is 4.27. The molecule has 2 atom stereocenters. The number of benzene rings is 1. The maximum atomic E-state index is 12.2. The minimum absolute atomic E-state index is 0.244. The van der Waals surface area contributed by atoms with Crippen molar-refractivity contribution >= 4 is 28.4 Å². The summed E-state index contributed by atoms with van der Waals surface area (Å²) in [7, 11) is 3.21. The van der Waals surface area contributed by atoms with Crippen molar-refractivity contribution in [3.05, 3.63) is 39.0 Å². The molecule has 3 rings (SSSR count). The Morgan fingerprint density at radius 2 is 1.96 bits per heavy atom. The van der Waals surface area contributed by atoms with E-state index in [1.165, 1.54) is 11.6 Å². The van der Waals surface area contributed by atoms with Gasteiger partial charge >= 0.3 is 5.69 Å². The van der Waals surface area contributed by atoms with Gasteiger partial charge in [-0.2, -0.15) is 11.8 Å². The lowest BCUT2D eigenvalue weighted by Crippen LogP contribution is -2.37. The molecule has 2 heterocycles. The largest absolute Gasteiger partial charge is 0.381 e. The number of fused-ring (bicyclic) bond motifs is 1. The number of anilines is 1. The zero-order chi connectivity index (χ0) is 16.7. The second-order valence-corrected chi connectivity index (χ2v) is 7.90. The van der Waals surface area contributed by atoms with Crippen LogP contribution in [-0.4, -0.2) is 26.2 Å². The van der Waals surface area contributed by atoms with E-state index in [1.54, 1.807) is 7.05 Å². The smallest absolute Gasteiger partial charge is 0.330 e. The molecule has 0 spiro atoms. The second kappa shape index (κ2) is 6.07. The Hall–Kier alpha value is -1.69. The zero-order valence-corrected chi connectivity index (χ0v) is 14.8. The Balaban J connectivity index is 1.92. The summed E-state index contributed by atoms with van der Waals surface area (Å²) >= 11 is 2.02. The molecule has 23 heavy (non-hydrogen) atoms. The third-order valence-corrected chi connectivity index (χ3v) is 6.37. The second-order valence-electron chi connectivity index (χ2n) is 6.63. The van der Waals surface area contributed by atoms with Gasteiger partial charge in [-0.25, -0.2) is 4.79 Å². The first-order chi connectivity index (χ1) is 10.9. The highest BCUT2D eigenvalue weighted by molar-refractivity contribution is 8.00. The van der Waals surface area contributed by atoms with Gasteiger partial charge in [0.2, 0.25) is 0 Å². The van der Waals surface area contributed by atoms with Crippen LogP contribution in [-0.2, 0) is 14.1 Å². The van der Waals surface area contributed by atoms with Crippen molar-refractivity contribution in [2.75, 3.05) is 11.1 Å². The monoisotopic (exact) mass is 333 g/mol. The SMILES string of the molecule is CC(C)C1CC(Nc2ccc3c(=O)n(C)c(=O)n(C)c3c2)CS1. The standard InChI is InChI=1S/C17H23N3O2S/c1-10(2)15-8-12(9-23-15)18-11-5-6-13-14(7-11)19(3)17(22)20(4)16(13)21/h5-7,10,12,15,18H,8-9H2,1-4H3. The summed E-state index contributed by atoms with van der Waals surface area (Å²) in [6.45, 7) is 4.53. The van der Waals surface area contributed by atoms with Crippen molar-refractivity contribution in [1.29, 1.82) is 0 Å². The van der Waals surface area contributed by atoms with Gasteiger partial charge < -0.3 is 5.32 Å². The molecule has 1 saturated heterocycles. The molecule has 1 aliphatic rings. The van der Waals surface area contributed by atoms with Crippen LogP contribution in [0.25, 0.3) is 10.9 Å². The van der Waals surface area contributed by atoms with Gasteiger partial charge in [-0.1, -0.05) is 13.8 Å². The van der Waals surface area contributed by atoms with Crippen LogP contribution >= 0.6 is 11.8 Å². The zero-order valence-electron chi connectivity index (χ0n) is 14.0. The summed E-state index contributed by atoms with van der Waals surface area (Å²) in [5.41, 5.74) is 1.10. The quantitative estimate of drug-likeness (QED) is 0.935. The summed E-state index contributed by atoms with van der Waals surface area (Å²) < 4.78 is 2.68. The molecule has 0 saturated carbocycles. The highest BCUT2D eigenvalue weighted by atomic mass is 32.2. The molecule has 1 aromatic heterocycles. The topological polar surface area (TPSA) is 56.0 Å². The van der Waals surface area contributed by atoms with E-state index in [-0.39, 0.29) is 11.2 Å². The van der Waals surface area contributed by atoms with Gasteiger partial charge in [-0.05, 0) is 30.5 Å². The predicted molar refractivity (Wildman–Crippen MR) is 97.5 cm³/mol. The van der Waals surface area contributed by atoms with Crippen LogP contribution in [0.15, 0.2) is 27.8 Å². The Morgan fingerprint density at radius 1 is 1.22 bits per heavy atom. The Morgan fingerprint density at radius 3 is 2.61 bits per heavy atom. The first kappa shape index (κ1) is 16.2. The van der Waals surface area contributed by atoms with Gasteiger partial charge in [0.15, 0.2) is 0 Å². The number of hydrogen-bond donors (Lipinski definition) is 1. The molecule has 1 fully saturated rings. The molecule has 2 aromatic rings. The number of aryl methyl sites for hydroxylation is 1. The van der Waals surface area contributed by atoms with Crippen molar-refractivity contribution in [2.24, 2.45) is 20.0 Å². The van der Waals surface area contributed by atoms with Gasteiger partial charge in [0.25, 0.3) is 5.56 Å². The van der Waals surface area contributed by atoms with Crippen molar-refractivity contribution in [3.8, 4) is 0 Å². The summed E-state index contributed by atoms with van der Waals surface area (Å²) in [6, 6.07) is 6.09. The number of nitrogens with one attached hydrogen (secondary N) is 1. The van der Waals surface area contributed by atoms with E-state index in [0.717, 1.165) is 22.4 Å². The van der Waals surface area contributed by atoms with Gasteiger partial charge in [0.1, 0.15) is 0 Å². The molecule has 1 aromatic carbocycles. The van der Waals surface area contributed by atoms with Crippen LogP contribution in [0.3, 0.4) is 0 Å². The van der Waals surface area contributed by atoms with E-state index in [4.69, 9.17) is 0 Å². The Labute approximate surface area is 139 Å². The number of thioether (sulfide) groups is 1. The van der Waals surface area contributed by atoms with Crippen LogP contribution in [0, 0.1) is 5.92 Å². The predicted octanol–water partition coefficient (Wildman–Crippen LogP) is 2.18. The lowest BCUT2D eigenvalue weighted by atomic mass is 10.0. The normalized spacial score (nSPS) is 21.3. The fraction of sp³-hybridized carbons (Fsp3) is 0.529. The third kappa shape index (κ3) is 2.92. The average molecular weight is 333 g/mol. The summed E-state index contributed by atoms with van der Waals surface area (Å²) in [4.78, 5) is 24.3. The summed E-state index contributed by atoms with van der Waals surface area (Å²) in [5, 5.41) is 4.82. The molecule has 1 aliphatic heterocycles. The lowest BCUT2D eigenvalue weighted by molar-refractivity contribution is 0.568. The third-order valence-electron chi connectivity index (χ3n) is 4.61. The van der Waals surface area contributed by atoms with Crippen LogP contribution in [0.4, 0.5) is 5.69 Å². The molecular formula is C17H23N3O2S. The van der Waals surface area contributed by atoms with E-state index in [2.05, 4.69) is 19.2 Å².